The van der Waals surface area contributed by atoms with Crippen LogP contribution in [0.1, 0.15) is 24.7 Å². The van der Waals surface area contributed by atoms with E-state index < -0.39 is 20.9 Å². The van der Waals surface area contributed by atoms with Crippen molar-refractivity contribution < 1.29 is 17.6 Å². The summed E-state index contributed by atoms with van der Waals surface area (Å²) in [6.45, 7) is 3.41. The molecule has 23 heavy (non-hydrogen) atoms. The fourth-order valence-electron chi connectivity index (χ4n) is 2.05. The molecule has 1 amide bonds. The molecule has 0 bridgehead atoms. The summed E-state index contributed by atoms with van der Waals surface area (Å²) < 4.78 is 39.0. The lowest BCUT2D eigenvalue weighted by molar-refractivity contribution is -0.123. The number of carbonyl (C=O) groups excluding carboxylic acids is 1. The van der Waals surface area contributed by atoms with E-state index >= 15 is 0 Å². The van der Waals surface area contributed by atoms with Gasteiger partial charge >= 0.3 is 0 Å². The van der Waals surface area contributed by atoms with Crippen LogP contribution < -0.4 is 5.32 Å². The van der Waals surface area contributed by atoms with Gasteiger partial charge in [0.15, 0.2) is 9.84 Å². The van der Waals surface area contributed by atoms with Crippen LogP contribution in [-0.4, -0.2) is 20.9 Å². The third kappa shape index (κ3) is 4.17. The van der Waals surface area contributed by atoms with Crippen LogP contribution in [0.4, 0.5) is 4.39 Å². The number of amides is 1. The predicted molar refractivity (Wildman–Crippen MR) is 88.5 cm³/mol. The second-order valence-corrected chi connectivity index (χ2v) is 8.72. The summed E-state index contributed by atoms with van der Waals surface area (Å²) in [5.41, 5.74) is 0.448. The lowest BCUT2D eigenvalue weighted by atomic mass is 10.1. The Kier molecular flexibility index (Phi) is 5.54. The third-order valence-corrected chi connectivity index (χ3v) is 6.91. The van der Waals surface area contributed by atoms with Gasteiger partial charge in [0.25, 0.3) is 0 Å². The van der Waals surface area contributed by atoms with Crippen molar-refractivity contribution >= 4 is 27.1 Å². The summed E-state index contributed by atoms with van der Waals surface area (Å²) in [6, 6.07) is 8.50. The molecule has 0 aliphatic rings. The van der Waals surface area contributed by atoms with Gasteiger partial charge in [-0.3, -0.25) is 4.79 Å². The number of benzene rings is 1. The molecule has 0 spiro atoms. The monoisotopic (exact) mass is 355 g/mol. The van der Waals surface area contributed by atoms with Crippen LogP contribution in [-0.2, 0) is 14.6 Å². The molecule has 0 aliphatic heterocycles. The zero-order valence-electron chi connectivity index (χ0n) is 12.8. The first-order valence-electron chi connectivity index (χ1n) is 7.13. The minimum Gasteiger partial charge on any atom is -0.354 e. The fourth-order valence-corrected chi connectivity index (χ4v) is 4.91. The third-order valence-electron chi connectivity index (χ3n) is 3.38. The molecule has 0 fully saturated rings. The van der Waals surface area contributed by atoms with E-state index in [-0.39, 0.29) is 22.6 Å². The number of carbonyl (C=O) groups is 1. The first-order valence-corrected chi connectivity index (χ1v) is 9.55. The Labute approximate surface area is 139 Å². The average molecular weight is 355 g/mol. The molecule has 0 radical (unpaired) electrons. The molecule has 0 aliphatic carbocycles. The molecule has 0 saturated heterocycles. The molecular weight excluding hydrogens is 337 g/mol. The van der Waals surface area contributed by atoms with Gasteiger partial charge in [-0.2, -0.15) is 0 Å². The second-order valence-electron chi connectivity index (χ2n) is 5.42. The predicted octanol–water partition coefficient (Wildman–Crippen LogP) is 3.17. The van der Waals surface area contributed by atoms with Gasteiger partial charge in [0.05, 0.1) is 0 Å². The van der Waals surface area contributed by atoms with Crippen LogP contribution in [0.5, 0.6) is 0 Å². The summed E-state index contributed by atoms with van der Waals surface area (Å²) >= 11 is 1.12. The molecule has 1 unspecified atom stereocenters. The summed E-state index contributed by atoms with van der Waals surface area (Å²) in [7, 11) is -3.66. The standard InChI is InChI=1S/C16H18FNO3S2/c1-11(2)16(19)18-10-14(12-5-7-13(17)8-6-12)23(20,21)15-4-3-9-22-15/h3-9,11,14H,10H2,1-2H3,(H,18,19). The fraction of sp³-hybridized carbons (Fsp3) is 0.312. The van der Waals surface area contributed by atoms with Crippen LogP contribution in [0.2, 0.25) is 0 Å². The number of rotatable bonds is 6. The lowest BCUT2D eigenvalue weighted by Crippen LogP contribution is -2.34. The number of halogens is 1. The van der Waals surface area contributed by atoms with E-state index in [2.05, 4.69) is 5.32 Å². The molecule has 2 rings (SSSR count). The maximum absolute atomic E-state index is 13.1. The maximum Gasteiger partial charge on any atom is 0.222 e. The Morgan fingerprint density at radius 3 is 2.39 bits per heavy atom. The number of thiophene rings is 1. The Hall–Kier alpha value is -1.73. The van der Waals surface area contributed by atoms with Crippen molar-refractivity contribution in [2.75, 3.05) is 6.54 Å². The van der Waals surface area contributed by atoms with Gasteiger partial charge in [0.1, 0.15) is 15.3 Å². The van der Waals surface area contributed by atoms with E-state index in [1.54, 1.807) is 25.3 Å². The molecular formula is C16H18FNO3S2. The van der Waals surface area contributed by atoms with Crippen LogP contribution >= 0.6 is 11.3 Å². The van der Waals surface area contributed by atoms with Crippen LogP contribution in [0, 0.1) is 11.7 Å². The minimum atomic E-state index is -3.66. The molecule has 1 atom stereocenters. The van der Waals surface area contributed by atoms with Crippen molar-refractivity contribution in [3.05, 3.63) is 53.2 Å². The van der Waals surface area contributed by atoms with Crippen LogP contribution in [0.15, 0.2) is 46.0 Å². The van der Waals surface area contributed by atoms with Gasteiger partial charge in [0, 0.05) is 12.5 Å². The van der Waals surface area contributed by atoms with E-state index in [9.17, 15) is 17.6 Å². The van der Waals surface area contributed by atoms with Gasteiger partial charge < -0.3 is 5.32 Å². The lowest BCUT2D eigenvalue weighted by Gasteiger charge is -2.19. The van der Waals surface area contributed by atoms with Crippen molar-refractivity contribution in [3.63, 3.8) is 0 Å². The molecule has 1 aromatic heterocycles. The van der Waals surface area contributed by atoms with E-state index in [4.69, 9.17) is 0 Å². The second kappa shape index (κ2) is 7.23. The Bertz CT molecular complexity index is 753. The highest BCUT2D eigenvalue weighted by atomic mass is 32.2. The zero-order valence-corrected chi connectivity index (χ0v) is 14.5. The van der Waals surface area contributed by atoms with E-state index in [1.165, 1.54) is 30.3 Å². The van der Waals surface area contributed by atoms with Gasteiger partial charge in [-0.1, -0.05) is 32.0 Å². The van der Waals surface area contributed by atoms with Crippen molar-refractivity contribution in [2.45, 2.75) is 23.3 Å². The number of sulfone groups is 1. The highest BCUT2D eigenvalue weighted by molar-refractivity contribution is 7.93. The van der Waals surface area contributed by atoms with Crippen molar-refractivity contribution in [1.29, 1.82) is 0 Å². The first kappa shape index (κ1) is 17.6. The molecule has 4 nitrogen and oxygen atoms in total. The largest absolute Gasteiger partial charge is 0.354 e. The number of hydrogen-bond donors (Lipinski definition) is 1. The normalized spacial score (nSPS) is 13.0. The molecule has 7 heteroatoms. The van der Waals surface area contributed by atoms with E-state index in [0.717, 1.165) is 11.3 Å². The van der Waals surface area contributed by atoms with Gasteiger partial charge in [0.2, 0.25) is 5.91 Å². The van der Waals surface area contributed by atoms with Gasteiger partial charge in [-0.25, -0.2) is 12.8 Å². The molecule has 124 valence electrons. The van der Waals surface area contributed by atoms with Crippen molar-refractivity contribution in [3.8, 4) is 0 Å². The van der Waals surface area contributed by atoms with E-state index in [1.807, 2.05) is 0 Å². The molecule has 1 aromatic carbocycles. The molecule has 1 N–H and O–H groups in total. The number of hydrogen-bond acceptors (Lipinski definition) is 4. The Morgan fingerprint density at radius 2 is 1.87 bits per heavy atom. The van der Waals surface area contributed by atoms with E-state index in [0.29, 0.717) is 5.56 Å². The quantitative estimate of drug-likeness (QED) is 0.866. The maximum atomic E-state index is 13.1. The molecule has 1 heterocycles. The summed E-state index contributed by atoms with van der Waals surface area (Å²) in [4.78, 5) is 11.8. The Balaban J connectivity index is 2.35. The SMILES string of the molecule is CC(C)C(=O)NCC(c1ccc(F)cc1)S(=O)(=O)c1cccs1. The smallest absolute Gasteiger partial charge is 0.222 e. The first-order chi connectivity index (χ1) is 10.8. The highest BCUT2D eigenvalue weighted by Crippen LogP contribution is 2.31. The Morgan fingerprint density at radius 1 is 1.22 bits per heavy atom. The highest BCUT2D eigenvalue weighted by Gasteiger charge is 2.30. The molecule has 0 saturated carbocycles. The summed E-state index contributed by atoms with van der Waals surface area (Å²) in [5, 5.41) is 3.38. The van der Waals surface area contributed by atoms with Gasteiger partial charge in [-0.15, -0.1) is 11.3 Å². The topological polar surface area (TPSA) is 63.2 Å². The van der Waals surface area contributed by atoms with Crippen LogP contribution in [0.3, 0.4) is 0 Å². The summed E-state index contributed by atoms with van der Waals surface area (Å²) in [5.74, 6) is -0.904. The van der Waals surface area contributed by atoms with Crippen molar-refractivity contribution in [2.24, 2.45) is 5.92 Å². The van der Waals surface area contributed by atoms with Crippen LogP contribution in [0.25, 0.3) is 0 Å². The average Bonchev–Trinajstić information content (AvgIpc) is 3.03. The number of nitrogens with one attached hydrogen (secondary N) is 1. The molecule has 2 aromatic rings. The van der Waals surface area contributed by atoms with Gasteiger partial charge in [-0.05, 0) is 29.1 Å². The summed E-state index contributed by atoms with van der Waals surface area (Å²) in [6.07, 6.45) is 0. The van der Waals surface area contributed by atoms with Crippen molar-refractivity contribution in [1.82, 2.24) is 5.32 Å². The zero-order chi connectivity index (χ0) is 17.0. The minimum absolute atomic E-state index is 0.0527.